The van der Waals surface area contributed by atoms with Crippen molar-refractivity contribution in [2.75, 3.05) is 19.7 Å². The van der Waals surface area contributed by atoms with Gasteiger partial charge in [0.1, 0.15) is 5.75 Å². The average molecular weight is 327 g/mol. The number of rotatable bonds is 6. The van der Waals surface area contributed by atoms with E-state index in [2.05, 4.69) is 6.92 Å². The Morgan fingerprint density at radius 2 is 1.86 bits per heavy atom. The van der Waals surface area contributed by atoms with Gasteiger partial charge in [-0.15, -0.1) is 12.4 Å². The third kappa shape index (κ3) is 5.50. The molecule has 1 fully saturated rings. The number of carbonyl (C=O) groups is 1. The van der Waals surface area contributed by atoms with Crippen molar-refractivity contribution in [3.05, 3.63) is 29.8 Å². The number of hydrogen-bond donors (Lipinski definition) is 1. The van der Waals surface area contributed by atoms with Gasteiger partial charge in [-0.2, -0.15) is 0 Å². The Morgan fingerprint density at radius 3 is 2.45 bits per heavy atom. The second-order valence-corrected chi connectivity index (χ2v) is 5.71. The first-order valence-electron chi connectivity index (χ1n) is 7.98. The van der Waals surface area contributed by atoms with Crippen LogP contribution in [0.2, 0.25) is 0 Å². The summed E-state index contributed by atoms with van der Waals surface area (Å²) in [5.74, 6) is 0.933. The minimum absolute atomic E-state index is 0. The smallest absolute Gasteiger partial charge is 0.253 e. The predicted octanol–water partition coefficient (Wildman–Crippen LogP) is 3.24. The molecule has 0 aromatic heterocycles. The average Bonchev–Trinajstić information content (AvgIpc) is 2.52. The molecule has 0 unspecified atom stereocenters. The number of piperidine rings is 1. The van der Waals surface area contributed by atoms with Gasteiger partial charge in [-0.1, -0.05) is 19.8 Å². The van der Waals surface area contributed by atoms with Crippen molar-refractivity contribution in [3.8, 4) is 5.75 Å². The summed E-state index contributed by atoms with van der Waals surface area (Å²) in [5.41, 5.74) is 6.60. The van der Waals surface area contributed by atoms with E-state index in [9.17, 15) is 4.79 Å². The quantitative estimate of drug-likeness (QED) is 0.816. The molecule has 124 valence electrons. The first-order chi connectivity index (χ1) is 10.2. The molecule has 1 heterocycles. The molecule has 0 saturated carbocycles. The monoisotopic (exact) mass is 326 g/mol. The highest BCUT2D eigenvalue weighted by Crippen LogP contribution is 2.16. The lowest BCUT2D eigenvalue weighted by Gasteiger charge is -2.30. The molecule has 0 bridgehead atoms. The van der Waals surface area contributed by atoms with E-state index in [1.54, 1.807) is 0 Å². The molecule has 5 heteroatoms. The van der Waals surface area contributed by atoms with Gasteiger partial charge < -0.3 is 15.4 Å². The maximum atomic E-state index is 12.4. The first-order valence-corrected chi connectivity index (χ1v) is 7.98. The Kier molecular flexibility index (Phi) is 8.28. The number of hydrogen-bond acceptors (Lipinski definition) is 3. The number of amides is 1. The van der Waals surface area contributed by atoms with Gasteiger partial charge in [0.25, 0.3) is 5.91 Å². The fourth-order valence-electron chi connectivity index (χ4n) is 2.52. The van der Waals surface area contributed by atoms with Gasteiger partial charge in [0.2, 0.25) is 0 Å². The number of ether oxygens (including phenoxy) is 1. The van der Waals surface area contributed by atoms with Gasteiger partial charge in [0.15, 0.2) is 0 Å². The zero-order valence-corrected chi connectivity index (χ0v) is 14.1. The number of likely N-dealkylation sites (tertiary alicyclic amines) is 1. The Morgan fingerprint density at radius 1 is 1.23 bits per heavy atom. The van der Waals surface area contributed by atoms with Crippen LogP contribution in [0.1, 0.15) is 49.4 Å². The molecule has 0 atom stereocenters. The van der Waals surface area contributed by atoms with Crippen LogP contribution in [-0.2, 0) is 0 Å². The Hall–Kier alpha value is -1.26. The van der Waals surface area contributed by atoms with Crippen molar-refractivity contribution >= 4 is 18.3 Å². The van der Waals surface area contributed by atoms with E-state index < -0.39 is 0 Å². The topological polar surface area (TPSA) is 55.6 Å². The van der Waals surface area contributed by atoms with Crippen LogP contribution in [-0.4, -0.2) is 36.5 Å². The molecule has 22 heavy (non-hydrogen) atoms. The summed E-state index contributed by atoms with van der Waals surface area (Å²) in [6, 6.07) is 7.72. The second-order valence-electron chi connectivity index (χ2n) is 5.71. The van der Waals surface area contributed by atoms with E-state index in [0.717, 1.165) is 50.3 Å². The van der Waals surface area contributed by atoms with Crippen molar-refractivity contribution < 1.29 is 9.53 Å². The van der Waals surface area contributed by atoms with Gasteiger partial charge in [-0.05, 0) is 43.5 Å². The lowest BCUT2D eigenvalue weighted by Crippen LogP contribution is -2.42. The second kappa shape index (κ2) is 9.70. The third-order valence-electron chi connectivity index (χ3n) is 3.94. The minimum Gasteiger partial charge on any atom is -0.494 e. The summed E-state index contributed by atoms with van der Waals surface area (Å²) in [6.07, 6.45) is 5.24. The van der Waals surface area contributed by atoms with Gasteiger partial charge in [-0.3, -0.25) is 4.79 Å². The number of nitrogens with two attached hydrogens (primary N) is 1. The van der Waals surface area contributed by atoms with Crippen molar-refractivity contribution in [1.29, 1.82) is 0 Å². The molecule has 4 nitrogen and oxygen atoms in total. The summed E-state index contributed by atoms with van der Waals surface area (Å²) in [4.78, 5) is 14.3. The molecule has 0 radical (unpaired) electrons. The van der Waals surface area contributed by atoms with Crippen molar-refractivity contribution in [2.45, 2.75) is 45.1 Å². The number of nitrogens with zero attached hydrogens (tertiary/aromatic N) is 1. The van der Waals surface area contributed by atoms with Crippen molar-refractivity contribution in [2.24, 2.45) is 5.73 Å². The Labute approximate surface area is 139 Å². The number of benzene rings is 1. The molecule has 1 amide bonds. The summed E-state index contributed by atoms with van der Waals surface area (Å²) in [7, 11) is 0. The standard InChI is InChI=1S/C17H26N2O2.ClH/c1-2-3-4-13-21-16-7-5-14(6-8-16)17(20)19-11-9-15(18)10-12-19;/h5-8,15H,2-4,9-13,18H2,1H3;1H. The van der Waals surface area contributed by atoms with Crippen LogP contribution >= 0.6 is 12.4 Å². The van der Waals surface area contributed by atoms with E-state index in [1.807, 2.05) is 29.2 Å². The van der Waals surface area contributed by atoms with Crippen molar-refractivity contribution in [3.63, 3.8) is 0 Å². The van der Waals surface area contributed by atoms with Gasteiger partial charge >= 0.3 is 0 Å². The summed E-state index contributed by atoms with van der Waals surface area (Å²) in [5, 5.41) is 0. The van der Waals surface area contributed by atoms with Crippen LogP contribution in [0.3, 0.4) is 0 Å². The fraction of sp³-hybridized carbons (Fsp3) is 0.588. The SMILES string of the molecule is CCCCCOc1ccc(C(=O)N2CCC(N)CC2)cc1.Cl. The third-order valence-corrected chi connectivity index (χ3v) is 3.94. The molecule has 1 aromatic rings. The maximum absolute atomic E-state index is 12.4. The lowest BCUT2D eigenvalue weighted by atomic mass is 10.0. The summed E-state index contributed by atoms with van der Waals surface area (Å²) in [6.45, 7) is 4.43. The fourth-order valence-corrected chi connectivity index (χ4v) is 2.52. The summed E-state index contributed by atoms with van der Waals surface area (Å²) < 4.78 is 5.66. The van der Waals surface area contributed by atoms with Gasteiger partial charge in [-0.25, -0.2) is 0 Å². The molecule has 0 spiro atoms. The molecule has 2 N–H and O–H groups in total. The van der Waals surface area contributed by atoms with Crippen LogP contribution in [0.25, 0.3) is 0 Å². The highest BCUT2D eigenvalue weighted by atomic mass is 35.5. The maximum Gasteiger partial charge on any atom is 0.253 e. The largest absolute Gasteiger partial charge is 0.494 e. The van der Waals surface area contributed by atoms with E-state index in [4.69, 9.17) is 10.5 Å². The van der Waals surface area contributed by atoms with E-state index in [1.165, 1.54) is 12.8 Å². The van der Waals surface area contributed by atoms with Crippen LogP contribution in [0.4, 0.5) is 0 Å². The zero-order chi connectivity index (χ0) is 15.1. The first kappa shape index (κ1) is 18.8. The molecule has 2 rings (SSSR count). The Balaban J connectivity index is 0.00000242. The molecule has 1 aromatic carbocycles. The van der Waals surface area contributed by atoms with Crippen LogP contribution in [0.15, 0.2) is 24.3 Å². The van der Waals surface area contributed by atoms with Crippen molar-refractivity contribution in [1.82, 2.24) is 4.90 Å². The van der Waals surface area contributed by atoms with E-state index >= 15 is 0 Å². The lowest BCUT2D eigenvalue weighted by molar-refractivity contribution is 0.0714. The molecule has 1 aliphatic rings. The normalized spacial score (nSPS) is 15.3. The van der Waals surface area contributed by atoms with Gasteiger partial charge in [0.05, 0.1) is 6.61 Å². The minimum atomic E-state index is 0. The predicted molar refractivity (Wildman–Crippen MR) is 91.8 cm³/mol. The van der Waals surface area contributed by atoms with Gasteiger partial charge in [0, 0.05) is 24.7 Å². The molecular formula is C17H27ClN2O2. The zero-order valence-electron chi connectivity index (χ0n) is 13.3. The number of carbonyl (C=O) groups excluding carboxylic acids is 1. The number of unbranched alkanes of at least 4 members (excludes halogenated alkanes) is 2. The van der Waals surface area contributed by atoms with E-state index in [0.29, 0.717) is 0 Å². The van der Waals surface area contributed by atoms with Crippen LogP contribution < -0.4 is 10.5 Å². The Bertz CT molecular complexity index is 442. The summed E-state index contributed by atoms with van der Waals surface area (Å²) >= 11 is 0. The molecule has 1 aliphatic heterocycles. The van der Waals surface area contributed by atoms with Crippen LogP contribution in [0, 0.1) is 0 Å². The number of halogens is 1. The van der Waals surface area contributed by atoms with E-state index in [-0.39, 0.29) is 24.4 Å². The molecule has 0 aliphatic carbocycles. The molecular weight excluding hydrogens is 300 g/mol. The highest BCUT2D eigenvalue weighted by Gasteiger charge is 2.21. The van der Waals surface area contributed by atoms with Crippen LogP contribution in [0.5, 0.6) is 5.75 Å². The highest BCUT2D eigenvalue weighted by molar-refractivity contribution is 5.94. The molecule has 1 saturated heterocycles.